The first-order valence-corrected chi connectivity index (χ1v) is 10.6. The van der Waals surface area contributed by atoms with Gasteiger partial charge in [0.15, 0.2) is 0 Å². The Labute approximate surface area is 185 Å². The van der Waals surface area contributed by atoms with E-state index < -0.39 is 0 Å². The van der Waals surface area contributed by atoms with E-state index in [0.29, 0.717) is 24.8 Å². The van der Waals surface area contributed by atoms with Crippen molar-refractivity contribution in [3.05, 3.63) is 102 Å². The van der Waals surface area contributed by atoms with Crippen molar-refractivity contribution < 1.29 is 9.47 Å². The van der Waals surface area contributed by atoms with Crippen molar-refractivity contribution >= 4 is 33.4 Å². The SMILES string of the molecule is Clc1ccc(OCCn2c(COc3cccc4ccccc34)nc3ccccc32)cc1. The molecule has 0 unspecified atom stereocenters. The molecule has 0 fully saturated rings. The van der Waals surface area contributed by atoms with Gasteiger partial charge in [-0.3, -0.25) is 0 Å². The van der Waals surface area contributed by atoms with Gasteiger partial charge in [-0.2, -0.15) is 0 Å². The number of fused-ring (bicyclic) bond motifs is 2. The molecule has 5 aromatic rings. The molecule has 1 heterocycles. The van der Waals surface area contributed by atoms with Crippen LogP contribution in [0.4, 0.5) is 0 Å². The molecule has 0 N–H and O–H groups in total. The molecule has 0 aliphatic carbocycles. The van der Waals surface area contributed by atoms with Crippen molar-refractivity contribution in [1.29, 1.82) is 0 Å². The smallest absolute Gasteiger partial charge is 0.148 e. The second kappa shape index (κ2) is 8.70. The zero-order valence-corrected chi connectivity index (χ0v) is 17.6. The van der Waals surface area contributed by atoms with Crippen LogP contribution in [-0.2, 0) is 13.2 Å². The molecule has 0 bridgehead atoms. The van der Waals surface area contributed by atoms with Crippen LogP contribution in [-0.4, -0.2) is 16.2 Å². The number of imidazole rings is 1. The van der Waals surface area contributed by atoms with Gasteiger partial charge in [-0.05, 0) is 47.9 Å². The predicted octanol–water partition coefficient (Wildman–Crippen LogP) is 6.50. The van der Waals surface area contributed by atoms with E-state index in [0.717, 1.165) is 39.1 Å². The highest BCUT2D eigenvalue weighted by Crippen LogP contribution is 2.26. The summed E-state index contributed by atoms with van der Waals surface area (Å²) < 4.78 is 14.3. The van der Waals surface area contributed by atoms with Gasteiger partial charge in [0.2, 0.25) is 0 Å². The summed E-state index contributed by atoms with van der Waals surface area (Å²) >= 11 is 5.95. The van der Waals surface area contributed by atoms with Gasteiger partial charge in [0.1, 0.15) is 30.5 Å². The molecule has 0 aliphatic rings. The third-order valence-corrected chi connectivity index (χ3v) is 5.49. The van der Waals surface area contributed by atoms with Crippen LogP contribution < -0.4 is 9.47 Å². The normalized spacial score (nSPS) is 11.1. The van der Waals surface area contributed by atoms with Crippen molar-refractivity contribution in [1.82, 2.24) is 9.55 Å². The molecular formula is C26H21ClN2O2. The van der Waals surface area contributed by atoms with Crippen LogP contribution in [0.2, 0.25) is 5.02 Å². The zero-order valence-electron chi connectivity index (χ0n) is 16.9. The van der Waals surface area contributed by atoms with Gasteiger partial charge >= 0.3 is 0 Å². The lowest BCUT2D eigenvalue weighted by Gasteiger charge is -2.13. The Morgan fingerprint density at radius 3 is 2.45 bits per heavy atom. The first-order chi connectivity index (χ1) is 15.3. The number of hydrogen-bond donors (Lipinski definition) is 0. The first-order valence-electron chi connectivity index (χ1n) is 10.2. The van der Waals surface area contributed by atoms with Crippen LogP contribution in [0.5, 0.6) is 11.5 Å². The number of para-hydroxylation sites is 2. The molecule has 0 spiro atoms. The molecule has 154 valence electrons. The number of benzene rings is 4. The van der Waals surface area contributed by atoms with E-state index in [1.807, 2.05) is 66.7 Å². The largest absolute Gasteiger partial charge is 0.492 e. The molecule has 1 aromatic heterocycles. The standard InChI is InChI=1S/C26H21ClN2O2/c27-20-12-14-21(15-13-20)30-17-16-29-24-10-4-3-9-23(24)28-26(29)18-31-25-11-5-7-19-6-1-2-8-22(19)25/h1-15H,16-18H2. The molecular weight excluding hydrogens is 408 g/mol. The van der Waals surface area contributed by atoms with Gasteiger partial charge in [0.05, 0.1) is 17.6 Å². The lowest BCUT2D eigenvalue weighted by atomic mass is 10.1. The van der Waals surface area contributed by atoms with Gasteiger partial charge < -0.3 is 14.0 Å². The monoisotopic (exact) mass is 428 g/mol. The Hall–Kier alpha value is -3.50. The van der Waals surface area contributed by atoms with Crippen LogP contribution in [0, 0.1) is 0 Å². The zero-order chi connectivity index (χ0) is 21.0. The summed E-state index contributed by atoms with van der Waals surface area (Å²) in [6, 6.07) is 29.8. The van der Waals surface area contributed by atoms with E-state index >= 15 is 0 Å². The molecule has 4 aromatic carbocycles. The van der Waals surface area contributed by atoms with Crippen molar-refractivity contribution in [3.8, 4) is 11.5 Å². The average Bonchev–Trinajstić information content (AvgIpc) is 3.16. The topological polar surface area (TPSA) is 36.3 Å². The fourth-order valence-corrected chi connectivity index (χ4v) is 3.86. The van der Waals surface area contributed by atoms with Crippen molar-refractivity contribution in [2.75, 3.05) is 6.61 Å². The lowest BCUT2D eigenvalue weighted by Crippen LogP contribution is -2.13. The number of aromatic nitrogens is 2. The van der Waals surface area contributed by atoms with Crippen LogP contribution in [0.25, 0.3) is 21.8 Å². The highest BCUT2D eigenvalue weighted by atomic mass is 35.5. The summed E-state index contributed by atoms with van der Waals surface area (Å²) in [4.78, 5) is 4.81. The second-order valence-electron chi connectivity index (χ2n) is 7.24. The maximum absolute atomic E-state index is 6.21. The Kier molecular flexibility index (Phi) is 5.46. The minimum Gasteiger partial charge on any atom is -0.492 e. The van der Waals surface area contributed by atoms with Gasteiger partial charge in [-0.1, -0.05) is 60.1 Å². The van der Waals surface area contributed by atoms with Crippen LogP contribution in [0.1, 0.15) is 5.82 Å². The van der Waals surface area contributed by atoms with Crippen LogP contribution in [0.15, 0.2) is 91.0 Å². The highest BCUT2D eigenvalue weighted by Gasteiger charge is 2.12. The highest BCUT2D eigenvalue weighted by molar-refractivity contribution is 6.30. The molecule has 0 radical (unpaired) electrons. The van der Waals surface area contributed by atoms with Gasteiger partial charge in [-0.25, -0.2) is 4.98 Å². The third kappa shape index (κ3) is 4.21. The van der Waals surface area contributed by atoms with E-state index in [4.69, 9.17) is 26.1 Å². The van der Waals surface area contributed by atoms with Crippen molar-refractivity contribution in [2.45, 2.75) is 13.2 Å². The van der Waals surface area contributed by atoms with Crippen LogP contribution in [0.3, 0.4) is 0 Å². The summed E-state index contributed by atoms with van der Waals surface area (Å²) in [5.74, 6) is 2.52. The second-order valence-corrected chi connectivity index (χ2v) is 7.67. The molecule has 5 heteroatoms. The number of halogens is 1. The van der Waals surface area contributed by atoms with E-state index in [2.05, 4.69) is 28.8 Å². The lowest BCUT2D eigenvalue weighted by molar-refractivity contribution is 0.274. The molecule has 0 atom stereocenters. The number of hydrogen-bond acceptors (Lipinski definition) is 3. The maximum Gasteiger partial charge on any atom is 0.148 e. The summed E-state index contributed by atoms with van der Waals surface area (Å²) in [5, 5.41) is 2.95. The number of rotatable bonds is 7. The number of ether oxygens (including phenoxy) is 2. The van der Waals surface area contributed by atoms with Crippen molar-refractivity contribution in [2.24, 2.45) is 0 Å². The molecule has 4 nitrogen and oxygen atoms in total. The van der Waals surface area contributed by atoms with Gasteiger partial charge in [-0.15, -0.1) is 0 Å². The first kappa shape index (κ1) is 19.5. The summed E-state index contributed by atoms with van der Waals surface area (Å²) in [7, 11) is 0. The van der Waals surface area contributed by atoms with Crippen LogP contribution >= 0.6 is 11.6 Å². The summed E-state index contributed by atoms with van der Waals surface area (Å²) in [5.41, 5.74) is 2.02. The molecule has 5 rings (SSSR count). The third-order valence-electron chi connectivity index (χ3n) is 5.24. The number of nitrogens with zero attached hydrogens (tertiary/aromatic N) is 2. The minimum atomic E-state index is 0.379. The fourth-order valence-electron chi connectivity index (χ4n) is 3.73. The fraction of sp³-hybridized carbons (Fsp3) is 0.115. The van der Waals surface area contributed by atoms with Crippen molar-refractivity contribution in [3.63, 3.8) is 0 Å². The van der Waals surface area contributed by atoms with Gasteiger partial charge in [0.25, 0.3) is 0 Å². The Bertz CT molecular complexity index is 1320. The molecule has 0 aliphatic heterocycles. The maximum atomic E-state index is 6.21. The quantitative estimate of drug-likeness (QED) is 0.297. The van der Waals surface area contributed by atoms with E-state index in [1.54, 1.807) is 0 Å². The summed E-state index contributed by atoms with van der Waals surface area (Å²) in [6.07, 6.45) is 0. The van der Waals surface area contributed by atoms with E-state index in [-0.39, 0.29) is 0 Å². The predicted molar refractivity (Wildman–Crippen MR) is 125 cm³/mol. The summed E-state index contributed by atoms with van der Waals surface area (Å²) in [6.45, 7) is 1.56. The molecule has 0 amide bonds. The van der Waals surface area contributed by atoms with E-state index in [1.165, 1.54) is 0 Å². The average molecular weight is 429 g/mol. The van der Waals surface area contributed by atoms with Gasteiger partial charge in [0, 0.05) is 10.4 Å². The Morgan fingerprint density at radius 1 is 0.774 bits per heavy atom. The minimum absolute atomic E-state index is 0.379. The molecule has 0 saturated carbocycles. The Balaban J connectivity index is 1.37. The Morgan fingerprint density at radius 2 is 1.55 bits per heavy atom. The van der Waals surface area contributed by atoms with E-state index in [9.17, 15) is 0 Å². The molecule has 0 saturated heterocycles. The molecule has 31 heavy (non-hydrogen) atoms.